The third-order valence-corrected chi connectivity index (χ3v) is 3.59. The Morgan fingerprint density at radius 1 is 1.36 bits per heavy atom. The summed E-state index contributed by atoms with van der Waals surface area (Å²) < 4.78 is 27.1. The fourth-order valence-electron chi connectivity index (χ4n) is 2.34. The molecule has 22 heavy (non-hydrogen) atoms. The molecule has 2 heterocycles. The molecule has 6 nitrogen and oxygen atoms in total. The van der Waals surface area contributed by atoms with E-state index >= 15 is 0 Å². The number of aryl methyl sites for hydroxylation is 2. The lowest BCUT2D eigenvalue weighted by molar-refractivity contribution is 0.0559. The van der Waals surface area contributed by atoms with Gasteiger partial charge in [0.05, 0.1) is 5.69 Å². The van der Waals surface area contributed by atoms with E-state index < -0.39 is 12.5 Å². The van der Waals surface area contributed by atoms with Crippen LogP contribution in [0.1, 0.15) is 40.9 Å². The smallest absolute Gasteiger partial charge is 0.333 e. The Labute approximate surface area is 127 Å². The van der Waals surface area contributed by atoms with Crippen molar-refractivity contribution in [2.75, 3.05) is 0 Å². The van der Waals surface area contributed by atoms with E-state index in [1.807, 2.05) is 27.8 Å². The number of hydrogen-bond acceptors (Lipinski definition) is 3. The first-order valence-corrected chi connectivity index (χ1v) is 6.92. The first kappa shape index (κ1) is 16.1. The van der Waals surface area contributed by atoms with Gasteiger partial charge in [-0.05, 0) is 38.8 Å². The summed E-state index contributed by atoms with van der Waals surface area (Å²) in [6, 6.07) is 1.11. The van der Waals surface area contributed by atoms with Crippen LogP contribution in [0.5, 0.6) is 0 Å². The third-order valence-electron chi connectivity index (χ3n) is 3.59. The highest BCUT2D eigenvalue weighted by Crippen LogP contribution is 2.14. The van der Waals surface area contributed by atoms with Gasteiger partial charge in [-0.15, -0.1) is 0 Å². The summed E-state index contributed by atoms with van der Waals surface area (Å²) >= 11 is 0. The molecule has 0 radical (unpaired) electrons. The molecule has 0 aromatic carbocycles. The number of amides is 1. The molecule has 0 saturated carbocycles. The summed E-state index contributed by atoms with van der Waals surface area (Å²) in [7, 11) is 1.87. The molecule has 2 aromatic heterocycles. The maximum Gasteiger partial charge on any atom is 0.333 e. The van der Waals surface area contributed by atoms with E-state index in [-0.39, 0.29) is 11.7 Å². The summed E-state index contributed by atoms with van der Waals surface area (Å²) in [5.41, 5.74) is 3.02. The Morgan fingerprint density at radius 3 is 2.55 bits per heavy atom. The molecule has 0 bridgehead atoms. The predicted molar refractivity (Wildman–Crippen MR) is 76.8 cm³/mol. The molecule has 0 spiro atoms. The zero-order valence-electron chi connectivity index (χ0n) is 13.0. The molecular weight excluding hydrogens is 292 g/mol. The van der Waals surface area contributed by atoms with Crippen molar-refractivity contribution < 1.29 is 13.6 Å². The van der Waals surface area contributed by atoms with Crippen LogP contribution >= 0.6 is 0 Å². The van der Waals surface area contributed by atoms with Crippen molar-refractivity contribution >= 4 is 5.91 Å². The number of nitrogens with one attached hydrogen (secondary N) is 1. The number of carbonyl (C=O) groups excluding carboxylic acids is 1. The van der Waals surface area contributed by atoms with Crippen molar-refractivity contribution in [3.8, 4) is 0 Å². The summed E-state index contributed by atoms with van der Waals surface area (Å²) in [5.74, 6) is -0.467. The van der Waals surface area contributed by atoms with Crippen molar-refractivity contribution in [3.05, 3.63) is 34.9 Å². The first-order chi connectivity index (χ1) is 10.3. The highest BCUT2D eigenvalue weighted by molar-refractivity contribution is 5.92. The lowest BCUT2D eigenvalue weighted by atomic mass is 10.1. The fraction of sp³-hybridized carbons (Fsp3) is 0.500. The average Bonchev–Trinajstić information content (AvgIpc) is 3.01. The lowest BCUT2D eigenvalue weighted by Gasteiger charge is -2.13. The topological polar surface area (TPSA) is 64.7 Å². The van der Waals surface area contributed by atoms with E-state index in [0.29, 0.717) is 11.1 Å². The van der Waals surface area contributed by atoms with E-state index in [1.165, 1.54) is 6.07 Å². The molecule has 1 N–H and O–H groups in total. The molecular formula is C14H19F2N5O. The minimum Gasteiger partial charge on any atom is -0.348 e. The maximum atomic E-state index is 12.4. The number of nitrogens with zero attached hydrogens (tertiary/aromatic N) is 4. The molecule has 2 rings (SSSR count). The minimum absolute atomic E-state index is 0.0215. The normalized spacial score (nSPS) is 12.7. The highest BCUT2D eigenvalue weighted by Gasteiger charge is 2.18. The van der Waals surface area contributed by atoms with Gasteiger partial charge in [0.1, 0.15) is 5.69 Å². The van der Waals surface area contributed by atoms with Gasteiger partial charge in [-0.2, -0.15) is 19.0 Å². The summed E-state index contributed by atoms with van der Waals surface area (Å²) in [5, 5.41) is 10.6. The lowest BCUT2D eigenvalue weighted by Crippen LogP contribution is -2.34. The molecule has 120 valence electrons. The third kappa shape index (κ3) is 3.32. The van der Waals surface area contributed by atoms with Gasteiger partial charge in [-0.25, -0.2) is 4.68 Å². The zero-order chi connectivity index (χ0) is 16.4. The van der Waals surface area contributed by atoms with E-state index in [9.17, 15) is 13.6 Å². The van der Waals surface area contributed by atoms with Crippen molar-refractivity contribution in [2.24, 2.45) is 7.05 Å². The molecule has 2 aromatic rings. The van der Waals surface area contributed by atoms with Crippen LogP contribution in [0.3, 0.4) is 0 Å². The van der Waals surface area contributed by atoms with Crippen molar-refractivity contribution in [1.82, 2.24) is 24.9 Å². The van der Waals surface area contributed by atoms with E-state index in [0.717, 1.165) is 23.1 Å². The maximum absolute atomic E-state index is 12.4. The largest absolute Gasteiger partial charge is 0.348 e. The average molecular weight is 311 g/mol. The van der Waals surface area contributed by atoms with E-state index in [1.54, 1.807) is 4.68 Å². The second-order valence-corrected chi connectivity index (χ2v) is 5.31. The van der Waals surface area contributed by atoms with E-state index in [4.69, 9.17) is 0 Å². The van der Waals surface area contributed by atoms with Gasteiger partial charge in [0.25, 0.3) is 5.91 Å². The first-order valence-electron chi connectivity index (χ1n) is 6.92. The van der Waals surface area contributed by atoms with Gasteiger partial charge in [0, 0.05) is 25.0 Å². The number of halogens is 2. The van der Waals surface area contributed by atoms with Crippen LogP contribution in [0, 0.1) is 13.8 Å². The van der Waals surface area contributed by atoms with Gasteiger partial charge in [0.15, 0.2) is 0 Å². The van der Waals surface area contributed by atoms with Crippen molar-refractivity contribution in [1.29, 1.82) is 0 Å². The molecule has 1 amide bonds. The molecule has 0 aliphatic rings. The highest BCUT2D eigenvalue weighted by atomic mass is 19.3. The standard InChI is InChI=1S/C14H19F2N5O/c1-8(7-11-9(2)18-20(4)10(11)3)17-13(22)12-5-6-21(19-12)14(15)16/h5-6,8,14H,7H2,1-4H3,(H,17,22). The van der Waals surface area contributed by atoms with E-state index in [2.05, 4.69) is 15.5 Å². The minimum atomic E-state index is -2.75. The Hall–Kier alpha value is -2.25. The van der Waals surface area contributed by atoms with Gasteiger partial charge < -0.3 is 5.32 Å². The number of hydrogen-bond donors (Lipinski definition) is 1. The SMILES string of the molecule is Cc1nn(C)c(C)c1CC(C)NC(=O)c1ccn(C(F)F)n1. The van der Waals surface area contributed by atoms with Crippen LogP contribution in [0.4, 0.5) is 8.78 Å². The quantitative estimate of drug-likeness (QED) is 0.918. The van der Waals surface area contributed by atoms with Crippen LogP contribution in [-0.2, 0) is 13.5 Å². The van der Waals surface area contributed by atoms with Crippen molar-refractivity contribution in [3.63, 3.8) is 0 Å². The molecule has 0 aliphatic heterocycles. The summed E-state index contributed by atoms with van der Waals surface area (Å²) in [6.45, 7) is 2.99. The Bertz CT molecular complexity index is 677. The predicted octanol–water partition coefficient (Wildman–Crippen LogP) is 1.99. The van der Waals surface area contributed by atoms with Gasteiger partial charge >= 0.3 is 6.55 Å². The summed E-state index contributed by atoms with van der Waals surface area (Å²) in [4.78, 5) is 12.0. The zero-order valence-corrected chi connectivity index (χ0v) is 13.0. The Morgan fingerprint density at radius 2 is 2.05 bits per heavy atom. The van der Waals surface area contributed by atoms with Crippen LogP contribution in [-0.4, -0.2) is 31.5 Å². The number of aromatic nitrogens is 4. The van der Waals surface area contributed by atoms with Gasteiger partial charge in [-0.3, -0.25) is 9.48 Å². The van der Waals surface area contributed by atoms with Crippen LogP contribution in [0.15, 0.2) is 12.3 Å². The summed E-state index contributed by atoms with van der Waals surface area (Å²) in [6.07, 6.45) is 1.70. The second-order valence-electron chi connectivity index (χ2n) is 5.31. The van der Waals surface area contributed by atoms with Crippen LogP contribution in [0.25, 0.3) is 0 Å². The molecule has 0 saturated heterocycles. The molecule has 1 atom stereocenters. The Kier molecular flexibility index (Phi) is 4.58. The number of alkyl halides is 2. The monoisotopic (exact) mass is 311 g/mol. The van der Waals surface area contributed by atoms with Gasteiger partial charge in [0.2, 0.25) is 0 Å². The fourth-order valence-corrected chi connectivity index (χ4v) is 2.34. The van der Waals surface area contributed by atoms with Crippen LogP contribution in [0.2, 0.25) is 0 Å². The molecule has 8 heteroatoms. The molecule has 0 aliphatic carbocycles. The van der Waals surface area contributed by atoms with Gasteiger partial charge in [-0.1, -0.05) is 0 Å². The molecule has 1 unspecified atom stereocenters. The number of rotatable bonds is 5. The number of carbonyl (C=O) groups is 1. The van der Waals surface area contributed by atoms with Crippen molar-refractivity contribution in [2.45, 2.75) is 39.8 Å². The Balaban J connectivity index is 2.01. The second kappa shape index (κ2) is 6.25. The van der Waals surface area contributed by atoms with Crippen LogP contribution < -0.4 is 5.32 Å². The molecule has 0 fully saturated rings.